The third kappa shape index (κ3) is 3.47. The van der Waals surface area contributed by atoms with E-state index in [2.05, 4.69) is 39.3 Å². The molecule has 2 heterocycles. The third-order valence-electron chi connectivity index (χ3n) is 5.15. The first-order chi connectivity index (χ1) is 12.7. The standard InChI is InChI=1S/C21H24N4O/c1-14-16-6-4-8-19(16)25-20(24-14)11-12-22-21(26)10-9-15-13-23-18-7-3-2-5-17(15)18/h2-3,5,7,13,23H,4,6,8-12H2,1H3,(H,22,26). The average molecular weight is 348 g/mol. The highest BCUT2D eigenvalue weighted by atomic mass is 16.1. The number of amides is 1. The maximum absolute atomic E-state index is 12.2. The number of aryl methyl sites for hydroxylation is 3. The van der Waals surface area contributed by atoms with Crippen LogP contribution in [0.3, 0.4) is 0 Å². The fraction of sp³-hybridized carbons (Fsp3) is 0.381. The van der Waals surface area contributed by atoms with Crippen LogP contribution in [-0.2, 0) is 30.5 Å². The van der Waals surface area contributed by atoms with Crippen molar-refractivity contribution < 1.29 is 4.79 Å². The SMILES string of the molecule is Cc1nc(CCNC(=O)CCc2c[nH]c3ccccc23)nc2c1CCC2. The Bertz CT molecular complexity index is 944. The highest BCUT2D eigenvalue weighted by molar-refractivity contribution is 5.84. The zero-order valence-corrected chi connectivity index (χ0v) is 15.1. The summed E-state index contributed by atoms with van der Waals surface area (Å²) in [7, 11) is 0. The summed E-state index contributed by atoms with van der Waals surface area (Å²) < 4.78 is 0. The second kappa shape index (κ2) is 7.28. The van der Waals surface area contributed by atoms with Crippen LogP contribution in [0.25, 0.3) is 10.9 Å². The van der Waals surface area contributed by atoms with Gasteiger partial charge in [-0.2, -0.15) is 0 Å². The molecule has 2 N–H and O–H groups in total. The van der Waals surface area contributed by atoms with Crippen LogP contribution in [-0.4, -0.2) is 27.4 Å². The second-order valence-electron chi connectivity index (χ2n) is 6.96. The fourth-order valence-corrected chi connectivity index (χ4v) is 3.78. The maximum atomic E-state index is 12.2. The molecule has 0 saturated carbocycles. The molecular formula is C21H24N4O. The number of aromatic amines is 1. The van der Waals surface area contributed by atoms with Gasteiger partial charge >= 0.3 is 0 Å². The Morgan fingerprint density at radius 3 is 3.00 bits per heavy atom. The Balaban J connectivity index is 1.27. The minimum atomic E-state index is 0.0770. The molecule has 1 aliphatic rings. The van der Waals surface area contributed by atoms with Gasteiger partial charge in [-0.3, -0.25) is 4.79 Å². The molecule has 0 atom stereocenters. The van der Waals surface area contributed by atoms with Gasteiger partial charge in [-0.15, -0.1) is 0 Å². The number of fused-ring (bicyclic) bond motifs is 2. The van der Waals surface area contributed by atoms with Crippen LogP contribution in [0.2, 0.25) is 0 Å². The van der Waals surface area contributed by atoms with Crippen molar-refractivity contribution in [1.29, 1.82) is 0 Å². The Labute approximate surface area is 153 Å². The molecule has 0 aliphatic heterocycles. The molecule has 0 spiro atoms. The molecule has 5 heteroatoms. The van der Waals surface area contributed by atoms with E-state index in [0.29, 0.717) is 19.4 Å². The number of hydrogen-bond acceptors (Lipinski definition) is 3. The molecule has 4 rings (SSSR count). The number of nitrogens with one attached hydrogen (secondary N) is 2. The molecule has 1 amide bonds. The normalized spacial score (nSPS) is 13.1. The molecule has 0 saturated heterocycles. The average Bonchev–Trinajstić information content (AvgIpc) is 3.27. The van der Waals surface area contributed by atoms with Crippen LogP contribution in [0.5, 0.6) is 0 Å². The molecule has 26 heavy (non-hydrogen) atoms. The Kier molecular flexibility index (Phi) is 4.69. The number of para-hydroxylation sites is 1. The van der Waals surface area contributed by atoms with Crippen molar-refractivity contribution in [2.24, 2.45) is 0 Å². The van der Waals surface area contributed by atoms with E-state index in [0.717, 1.165) is 36.3 Å². The predicted molar refractivity (Wildman–Crippen MR) is 102 cm³/mol. The molecule has 0 unspecified atom stereocenters. The highest BCUT2D eigenvalue weighted by Crippen LogP contribution is 2.22. The van der Waals surface area contributed by atoms with Gasteiger partial charge in [-0.25, -0.2) is 9.97 Å². The number of rotatable bonds is 6. The number of carbonyl (C=O) groups is 1. The van der Waals surface area contributed by atoms with Gasteiger partial charge in [0.2, 0.25) is 5.91 Å². The van der Waals surface area contributed by atoms with Crippen molar-refractivity contribution in [2.75, 3.05) is 6.54 Å². The lowest BCUT2D eigenvalue weighted by Crippen LogP contribution is -2.26. The minimum Gasteiger partial charge on any atom is -0.361 e. The predicted octanol–water partition coefficient (Wildman–Crippen LogP) is 3.05. The van der Waals surface area contributed by atoms with Crippen LogP contribution in [0.15, 0.2) is 30.5 Å². The van der Waals surface area contributed by atoms with Gasteiger partial charge in [0.1, 0.15) is 5.82 Å². The van der Waals surface area contributed by atoms with Crippen molar-refractivity contribution >= 4 is 16.8 Å². The van der Waals surface area contributed by atoms with E-state index in [9.17, 15) is 4.79 Å². The lowest BCUT2D eigenvalue weighted by atomic mass is 10.1. The zero-order chi connectivity index (χ0) is 17.9. The molecular weight excluding hydrogens is 324 g/mol. The summed E-state index contributed by atoms with van der Waals surface area (Å²) in [5.74, 6) is 0.924. The zero-order valence-electron chi connectivity index (χ0n) is 15.1. The van der Waals surface area contributed by atoms with Gasteiger partial charge in [0.05, 0.1) is 0 Å². The maximum Gasteiger partial charge on any atom is 0.220 e. The number of hydrogen-bond donors (Lipinski definition) is 2. The molecule has 0 bridgehead atoms. The molecule has 5 nitrogen and oxygen atoms in total. The number of carbonyl (C=O) groups excluding carboxylic acids is 1. The molecule has 134 valence electrons. The van der Waals surface area contributed by atoms with Gasteiger partial charge in [-0.1, -0.05) is 18.2 Å². The smallest absolute Gasteiger partial charge is 0.220 e. The lowest BCUT2D eigenvalue weighted by molar-refractivity contribution is -0.121. The first-order valence-corrected chi connectivity index (χ1v) is 9.37. The highest BCUT2D eigenvalue weighted by Gasteiger charge is 2.16. The number of H-pyrrole nitrogens is 1. The van der Waals surface area contributed by atoms with E-state index in [4.69, 9.17) is 0 Å². The Morgan fingerprint density at radius 1 is 1.19 bits per heavy atom. The van der Waals surface area contributed by atoms with Gasteiger partial charge in [-0.05, 0) is 49.8 Å². The lowest BCUT2D eigenvalue weighted by Gasteiger charge is -2.08. The van der Waals surface area contributed by atoms with Gasteiger partial charge in [0.25, 0.3) is 0 Å². The van der Waals surface area contributed by atoms with Crippen LogP contribution in [0, 0.1) is 6.92 Å². The van der Waals surface area contributed by atoms with Crippen LogP contribution < -0.4 is 5.32 Å². The van der Waals surface area contributed by atoms with E-state index in [1.54, 1.807) is 0 Å². The molecule has 0 radical (unpaired) electrons. The largest absolute Gasteiger partial charge is 0.361 e. The van der Waals surface area contributed by atoms with Crippen LogP contribution >= 0.6 is 0 Å². The topological polar surface area (TPSA) is 70.7 Å². The van der Waals surface area contributed by atoms with Crippen molar-refractivity contribution in [2.45, 2.75) is 45.4 Å². The van der Waals surface area contributed by atoms with E-state index in [-0.39, 0.29) is 5.91 Å². The summed E-state index contributed by atoms with van der Waals surface area (Å²) in [5, 5.41) is 4.20. The summed E-state index contributed by atoms with van der Waals surface area (Å²) in [5.41, 5.74) is 5.95. The second-order valence-corrected chi connectivity index (χ2v) is 6.96. The number of nitrogens with zero attached hydrogens (tertiary/aromatic N) is 2. The van der Waals surface area contributed by atoms with Gasteiger partial charge in [0, 0.05) is 47.9 Å². The molecule has 1 aromatic carbocycles. The summed E-state index contributed by atoms with van der Waals surface area (Å²) >= 11 is 0. The van der Waals surface area contributed by atoms with E-state index < -0.39 is 0 Å². The summed E-state index contributed by atoms with van der Waals surface area (Å²) in [4.78, 5) is 24.7. The molecule has 2 aromatic heterocycles. The van der Waals surface area contributed by atoms with Crippen molar-refractivity contribution in [3.8, 4) is 0 Å². The van der Waals surface area contributed by atoms with E-state index >= 15 is 0 Å². The minimum absolute atomic E-state index is 0.0770. The summed E-state index contributed by atoms with van der Waals surface area (Å²) in [6.45, 7) is 2.65. The first-order valence-electron chi connectivity index (χ1n) is 9.37. The quantitative estimate of drug-likeness (QED) is 0.719. The van der Waals surface area contributed by atoms with Crippen LogP contribution in [0.4, 0.5) is 0 Å². The number of aromatic nitrogens is 3. The monoisotopic (exact) mass is 348 g/mol. The molecule has 1 aliphatic carbocycles. The number of benzene rings is 1. The van der Waals surface area contributed by atoms with E-state index in [1.807, 2.05) is 18.3 Å². The molecule has 0 fully saturated rings. The van der Waals surface area contributed by atoms with Crippen molar-refractivity contribution in [3.05, 3.63) is 58.8 Å². The van der Waals surface area contributed by atoms with Gasteiger partial charge < -0.3 is 10.3 Å². The summed E-state index contributed by atoms with van der Waals surface area (Å²) in [6, 6.07) is 8.18. The Morgan fingerprint density at radius 2 is 2.08 bits per heavy atom. The Hall–Kier alpha value is -2.69. The van der Waals surface area contributed by atoms with Crippen molar-refractivity contribution in [1.82, 2.24) is 20.3 Å². The van der Waals surface area contributed by atoms with Crippen molar-refractivity contribution in [3.63, 3.8) is 0 Å². The third-order valence-corrected chi connectivity index (χ3v) is 5.15. The van der Waals surface area contributed by atoms with E-state index in [1.165, 1.54) is 28.6 Å². The van der Waals surface area contributed by atoms with Gasteiger partial charge in [0.15, 0.2) is 0 Å². The molecule has 3 aromatic rings. The fourth-order valence-electron chi connectivity index (χ4n) is 3.78. The van der Waals surface area contributed by atoms with Crippen LogP contribution in [0.1, 0.15) is 41.2 Å². The summed E-state index contributed by atoms with van der Waals surface area (Å²) in [6.07, 6.45) is 7.26. The first kappa shape index (κ1) is 16.8.